The van der Waals surface area contributed by atoms with Gasteiger partial charge < -0.3 is 32.2 Å². The van der Waals surface area contributed by atoms with Gasteiger partial charge in [0.15, 0.2) is 6.29 Å². The molecule has 3 fully saturated rings. The van der Waals surface area contributed by atoms with Gasteiger partial charge >= 0.3 is 8.80 Å². The van der Waals surface area contributed by atoms with Crippen molar-refractivity contribution in [2.24, 2.45) is 5.92 Å². The molecule has 0 spiro atoms. The van der Waals surface area contributed by atoms with Gasteiger partial charge in [-0.15, -0.1) is 0 Å². The largest absolute Gasteiger partial charge is 0.504 e. The minimum Gasteiger partial charge on any atom is -0.377 e. The quantitative estimate of drug-likeness (QED) is 0.222. The van der Waals surface area contributed by atoms with E-state index < -0.39 is 15.1 Å². The summed E-state index contributed by atoms with van der Waals surface area (Å²) in [7, 11) is 0.623. The molecule has 2 aliphatic carbocycles. The molecule has 1 saturated carbocycles. The summed E-state index contributed by atoms with van der Waals surface area (Å²) in [6.07, 6.45) is 5.56. The zero-order valence-electron chi connectivity index (χ0n) is 15.0. The van der Waals surface area contributed by atoms with Crippen LogP contribution in [0.4, 0.5) is 0 Å². The highest BCUT2D eigenvalue weighted by molar-refractivity contribution is 6.62. The molecule has 2 saturated heterocycles. The Bertz CT molecular complexity index is 471. The molecule has 4 aliphatic rings. The molecule has 0 N–H and O–H groups in total. The lowest BCUT2D eigenvalue weighted by molar-refractivity contribution is -0.169. The SMILES string of the molecule is CO[Si](OC)(OCC(OCC1CO1)OCC1CO1)C1CC2=CCC1C2. The molecular formula is C17H28O7Si. The average Bonchev–Trinajstić information content (AvgIpc) is 3.57. The Morgan fingerprint density at radius 3 is 2.16 bits per heavy atom. The highest BCUT2D eigenvalue weighted by Gasteiger charge is 2.55. The van der Waals surface area contributed by atoms with Crippen molar-refractivity contribution in [3.05, 3.63) is 11.6 Å². The Labute approximate surface area is 149 Å². The topological polar surface area (TPSA) is 71.2 Å². The van der Waals surface area contributed by atoms with Crippen molar-refractivity contribution < 1.29 is 32.2 Å². The molecule has 2 bridgehead atoms. The maximum atomic E-state index is 6.27. The van der Waals surface area contributed by atoms with Gasteiger partial charge in [0.05, 0.1) is 33.0 Å². The van der Waals surface area contributed by atoms with Crippen LogP contribution in [-0.4, -0.2) is 74.6 Å². The molecule has 0 aromatic carbocycles. The predicted octanol–water partition coefficient (Wildman–Crippen LogP) is 1.50. The number of allylic oxidation sites excluding steroid dienone is 2. The molecule has 142 valence electrons. The van der Waals surface area contributed by atoms with Gasteiger partial charge in [-0.1, -0.05) is 11.6 Å². The molecule has 0 radical (unpaired) electrons. The summed E-state index contributed by atoms with van der Waals surface area (Å²) in [5.41, 5.74) is 1.85. The number of hydrogen-bond acceptors (Lipinski definition) is 7. The molecule has 0 aromatic heterocycles. The van der Waals surface area contributed by atoms with Gasteiger partial charge in [0.1, 0.15) is 12.2 Å². The number of hydrogen-bond donors (Lipinski definition) is 0. The van der Waals surface area contributed by atoms with E-state index in [0.29, 0.717) is 31.3 Å². The van der Waals surface area contributed by atoms with Crippen LogP contribution < -0.4 is 0 Å². The third-order valence-corrected chi connectivity index (χ3v) is 8.76. The minimum atomic E-state index is -2.77. The maximum absolute atomic E-state index is 6.27. The summed E-state index contributed by atoms with van der Waals surface area (Å²) in [4.78, 5) is 0. The lowest BCUT2D eigenvalue weighted by Crippen LogP contribution is -2.51. The fourth-order valence-corrected chi connectivity index (χ4v) is 6.79. The third kappa shape index (κ3) is 4.33. The summed E-state index contributed by atoms with van der Waals surface area (Å²) < 4.78 is 40.0. The van der Waals surface area contributed by atoms with Crippen molar-refractivity contribution in [3.8, 4) is 0 Å². The van der Waals surface area contributed by atoms with Crippen LogP contribution in [0.25, 0.3) is 0 Å². The molecule has 2 heterocycles. The van der Waals surface area contributed by atoms with Gasteiger partial charge in [-0.25, -0.2) is 0 Å². The molecule has 8 heteroatoms. The van der Waals surface area contributed by atoms with Crippen molar-refractivity contribution in [2.75, 3.05) is 47.3 Å². The van der Waals surface area contributed by atoms with Crippen LogP contribution in [0, 0.1) is 5.92 Å². The normalized spacial score (nSPS) is 34.2. The van der Waals surface area contributed by atoms with E-state index in [4.69, 9.17) is 32.2 Å². The molecule has 2 aliphatic heterocycles. The van der Waals surface area contributed by atoms with E-state index in [1.807, 2.05) is 0 Å². The summed E-state index contributed by atoms with van der Waals surface area (Å²) in [6.45, 7) is 2.86. The van der Waals surface area contributed by atoms with Crippen molar-refractivity contribution in [1.29, 1.82) is 0 Å². The van der Waals surface area contributed by atoms with Crippen LogP contribution in [0.15, 0.2) is 11.6 Å². The van der Waals surface area contributed by atoms with Gasteiger partial charge in [-0.3, -0.25) is 0 Å². The van der Waals surface area contributed by atoms with E-state index in [1.54, 1.807) is 14.2 Å². The summed E-state index contributed by atoms with van der Waals surface area (Å²) >= 11 is 0. The van der Waals surface area contributed by atoms with Gasteiger partial charge in [-0.05, 0) is 25.2 Å². The first-order valence-electron chi connectivity index (χ1n) is 9.11. The molecule has 0 aromatic rings. The zero-order valence-corrected chi connectivity index (χ0v) is 16.0. The van der Waals surface area contributed by atoms with Crippen LogP contribution in [0.1, 0.15) is 19.3 Å². The Hall–Kier alpha value is -0.323. The van der Waals surface area contributed by atoms with E-state index in [1.165, 1.54) is 5.57 Å². The van der Waals surface area contributed by atoms with E-state index in [-0.39, 0.29) is 12.2 Å². The van der Waals surface area contributed by atoms with E-state index in [9.17, 15) is 0 Å². The lowest BCUT2D eigenvalue weighted by atomic mass is 10.1. The highest BCUT2D eigenvalue weighted by atomic mass is 28.4. The van der Waals surface area contributed by atoms with Crippen LogP contribution in [-0.2, 0) is 32.2 Å². The molecule has 7 nitrogen and oxygen atoms in total. The number of fused-ring (bicyclic) bond motifs is 2. The summed E-state index contributed by atoms with van der Waals surface area (Å²) in [6, 6.07) is 0. The van der Waals surface area contributed by atoms with Gasteiger partial charge in [-0.2, -0.15) is 0 Å². The summed E-state index contributed by atoms with van der Waals surface area (Å²) in [5, 5.41) is 0. The molecule has 4 unspecified atom stereocenters. The third-order valence-electron chi connectivity index (χ3n) is 5.47. The van der Waals surface area contributed by atoms with E-state index in [0.717, 1.165) is 32.5 Å². The molecule has 4 rings (SSSR count). The first-order valence-corrected chi connectivity index (χ1v) is 10.9. The minimum absolute atomic E-state index is 0.188. The summed E-state index contributed by atoms with van der Waals surface area (Å²) in [5.74, 6) is 0.585. The first kappa shape index (κ1) is 18.1. The van der Waals surface area contributed by atoms with Crippen molar-refractivity contribution in [1.82, 2.24) is 0 Å². The number of ether oxygens (including phenoxy) is 4. The zero-order chi connectivity index (χ0) is 17.3. The Balaban J connectivity index is 1.34. The van der Waals surface area contributed by atoms with E-state index in [2.05, 4.69) is 6.08 Å². The molecule has 25 heavy (non-hydrogen) atoms. The van der Waals surface area contributed by atoms with Gasteiger partial charge in [0.2, 0.25) is 0 Å². The average molecular weight is 372 g/mol. The Morgan fingerprint density at radius 2 is 1.72 bits per heavy atom. The number of epoxide rings is 2. The molecular weight excluding hydrogens is 344 g/mol. The van der Waals surface area contributed by atoms with Crippen molar-refractivity contribution in [2.45, 2.75) is 43.3 Å². The van der Waals surface area contributed by atoms with Gasteiger partial charge in [0.25, 0.3) is 0 Å². The van der Waals surface area contributed by atoms with E-state index >= 15 is 0 Å². The standard InChI is InChI=1S/C17H28O7Si/c1-18-25(19-2,16-6-12-3-4-13(16)5-12)24-11-17(22-9-14-7-20-14)23-10-15-8-21-15/h3,13-17H,4-11H2,1-2H3. The lowest BCUT2D eigenvalue weighted by Gasteiger charge is -2.35. The second kappa shape index (κ2) is 7.73. The molecule has 4 atom stereocenters. The van der Waals surface area contributed by atoms with Crippen molar-refractivity contribution in [3.63, 3.8) is 0 Å². The monoisotopic (exact) mass is 372 g/mol. The molecule has 0 amide bonds. The van der Waals surface area contributed by atoms with Crippen LogP contribution in [0.2, 0.25) is 5.54 Å². The highest BCUT2D eigenvalue weighted by Crippen LogP contribution is 2.52. The fraction of sp³-hybridized carbons (Fsp3) is 0.882. The second-order valence-electron chi connectivity index (χ2n) is 7.20. The number of rotatable bonds is 12. The van der Waals surface area contributed by atoms with Crippen LogP contribution in [0.5, 0.6) is 0 Å². The fourth-order valence-electron chi connectivity index (χ4n) is 3.85. The smallest absolute Gasteiger partial charge is 0.377 e. The van der Waals surface area contributed by atoms with Crippen LogP contribution in [0.3, 0.4) is 0 Å². The van der Waals surface area contributed by atoms with Crippen LogP contribution >= 0.6 is 0 Å². The maximum Gasteiger partial charge on any atom is 0.504 e. The second-order valence-corrected chi connectivity index (χ2v) is 10.3. The van der Waals surface area contributed by atoms with Crippen molar-refractivity contribution >= 4 is 8.80 Å². The predicted molar refractivity (Wildman–Crippen MR) is 90.1 cm³/mol. The first-order chi connectivity index (χ1) is 12.2. The Morgan fingerprint density at radius 1 is 1.08 bits per heavy atom. The van der Waals surface area contributed by atoms with Gasteiger partial charge in [0, 0.05) is 19.8 Å². The Kier molecular flexibility index (Phi) is 5.59.